The summed E-state index contributed by atoms with van der Waals surface area (Å²) in [6, 6.07) is 9.08. The molecule has 1 amide bonds. The highest BCUT2D eigenvalue weighted by molar-refractivity contribution is 8.00. The lowest BCUT2D eigenvalue weighted by atomic mass is 10.3. The summed E-state index contributed by atoms with van der Waals surface area (Å²) in [7, 11) is 4.72. The molecule has 0 saturated carbocycles. The molecule has 2 heterocycles. The van der Waals surface area contributed by atoms with Gasteiger partial charge < -0.3 is 19.5 Å². The molecule has 0 radical (unpaired) electrons. The summed E-state index contributed by atoms with van der Waals surface area (Å²) in [6.45, 7) is 0. The van der Waals surface area contributed by atoms with Gasteiger partial charge in [0.1, 0.15) is 10.3 Å². The normalized spacial score (nSPS) is 10.6. The lowest BCUT2D eigenvalue weighted by Crippen LogP contribution is -2.13. The number of nitrogens with zero attached hydrogens (tertiary/aromatic N) is 2. The maximum atomic E-state index is 12.2. The number of fused-ring (bicyclic) bond motifs is 1. The standard InChI is InChI=1S/C17H17N3O4S2/c1-22-12-6-4-10(8-13(12)23-2)25-9-14(21)19-17-18-11-5-7-15(24-3)20-16(11)26-17/h4-8H,9H2,1-3H3,(H,18,19,21). The van der Waals surface area contributed by atoms with E-state index in [0.717, 1.165) is 10.4 Å². The van der Waals surface area contributed by atoms with Crippen molar-refractivity contribution in [3.63, 3.8) is 0 Å². The summed E-state index contributed by atoms with van der Waals surface area (Å²) < 4.78 is 15.6. The van der Waals surface area contributed by atoms with Gasteiger partial charge in [-0.15, -0.1) is 11.8 Å². The maximum Gasteiger partial charge on any atom is 0.236 e. The van der Waals surface area contributed by atoms with E-state index in [4.69, 9.17) is 14.2 Å². The van der Waals surface area contributed by atoms with Gasteiger partial charge >= 0.3 is 0 Å². The van der Waals surface area contributed by atoms with Crippen molar-refractivity contribution in [2.45, 2.75) is 4.90 Å². The first-order valence-electron chi connectivity index (χ1n) is 7.59. The Morgan fingerprint density at radius 3 is 2.62 bits per heavy atom. The van der Waals surface area contributed by atoms with Crippen molar-refractivity contribution >= 4 is 44.5 Å². The van der Waals surface area contributed by atoms with Crippen molar-refractivity contribution in [3.05, 3.63) is 30.3 Å². The number of thioether (sulfide) groups is 1. The largest absolute Gasteiger partial charge is 0.493 e. The summed E-state index contributed by atoms with van der Waals surface area (Å²) in [5, 5.41) is 3.31. The molecule has 26 heavy (non-hydrogen) atoms. The zero-order chi connectivity index (χ0) is 18.5. The number of carbonyl (C=O) groups is 1. The third kappa shape index (κ3) is 4.17. The molecule has 0 atom stereocenters. The van der Waals surface area contributed by atoms with E-state index in [0.29, 0.717) is 27.3 Å². The number of anilines is 1. The fraction of sp³-hybridized carbons (Fsp3) is 0.235. The molecule has 0 aliphatic carbocycles. The predicted molar refractivity (Wildman–Crippen MR) is 103 cm³/mol. The molecule has 1 N–H and O–H groups in total. The van der Waals surface area contributed by atoms with E-state index < -0.39 is 0 Å². The summed E-state index contributed by atoms with van der Waals surface area (Å²) >= 11 is 2.71. The lowest BCUT2D eigenvalue weighted by molar-refractivity contribution is -0.113. The van der Waals surface area contributed by atoms with Gasteiger partial charge in [0.2, 0.25) is 11.8 Å². The first-order valence-corrected chi connectivity index (χ1v) is 9.39. The third-order valence-corrected chi connectivity index (χ3v) is 5.28. The summed E-state index contributed by atoms with van der Waals surface area (Å²) in [5.74, 6) is 1.91. The van der Waals surface area contributed by atoms with E-state index in [1.807, 2.05) is 24.3 Å². The zero-order valence-corrected chi connectivity index (χ0v) is 16.1. The van der Waals surface area contributed by atoms with Crippen LogP contribution in [0.4, 0.5) is 5.13 Å². The molecule has 136 valence electrons. The van der Waals surface area contributed by atoms with E-state index in [1.165, 1.54) is 23.1 Å². The van der Waals surface area contributed by atoms with Crippen LogP contribution >= 0.6 is 23.1 Å². The third-order valence-electron chi connectivity index (χ3n) is 3.41. The molecule has 0 saturated heterocycles. The van der Waals surface area contributed by atoms with Gasteiger partial charge in [-0.05, 0) is 24.3 Å². The average Bonchev–Trinajstić information content (AvgIpc) is 3.07. The molecule has 3 aromatic rings. The van der Waals surface area contributed by atoms with Crippen molar-refractivity contribution in [2.75, 3.05) is 32.4 Å². The minimum Gasteiger partial charge on any atom is -0.493 e. The first-order chi connectivity index (χ1) is 12.6. The van der Waals surface area contributed by atoms with Gasteiger partial charge in [-0.2, -0.15) is 0 Å². The number of rotatable bonds is 7. The highest BCUT2D eigenvalue weighted by Gasteiger charge is 2.11. The van der Waals surface area contributed by atoms with Crippen LogP contribution in [-0.2, 0) is 4.79 Å². The molecule has 2 aromatic heterocycles. The number of thiazole rings is 1. The van der Waals surface area contributed by atoms with Crippen molar-refractivity contribution in [2.24, 2.45) is 0 Å². The molecule has 3 rings (SSSR count). The number of ether oxygens (including phenoxy) is 3. The van der Waals surface area contributed by atoms with Crippen molar-refractivity contribution in [1.29, 1.82) is 0 Å². The van der Waals surface area contributed by atoms with Crippen LogP contribution in [0.2, 0.25) is 0 Å². The molecule has 7 nitrogen and oxygen atoms in total. The van der Waals surface area contributed by atoms with Gasteiger partial charge in [0.15, 0.2) is 16.6 Å². The van der Waals surface area contributed by atoms with Gasteiger partial charge in [0, 0.05) is 11.0 Å². The van der Waals surface area contributed by atoms with Gasteiger partial charge in [-0.3, -0.25) is 4.79 Å². The Balaban J connectivity index is 1.62. The number of hydrogen-bond donors (Lipinski definition) is 1. The fourth-order valence-corrected chi connectivity index (χ4v) is 3.75. The van der Waals surface area contributed by atoms with E-state index in [-0.39, 0.29) is 11.7 Å². The first kappa shape index (κ1) is 18.3. The molecule has 0 aliphatic rings. The van der Waals surface area contributed by atoms with Crippen LogP contribution in [0, 0.1) is 0 Å². The van der Waals surface area contributed by atoms with Crippen LogP contribution in [0.15, 0.2) is 35.2 Å². The van der Waals surface area contributed by atoms with E-state index in [1.54, 1.807) is 27.4 Å². The monoisotopic (exact) mass is 391 g/mol. The summed E-state index contributed by atoms with van der Waals surface area (Å²) in [5.41, 5.74) is 0.721. The van der Waals surface area contributed by atoms with Crippen molar-refractivity contribution in [1.82, 2.24) is 9.97 Å². The molecule has 0 spiro atoms. The number of pyridine rings is 1. The SMILES string of the molecule is COc1ccc2nc(NC(=O)CSc3ccc(OC)c(OC)c3)sc2n1. The molecular formula is C17H17N3O4S2. The number of methoxy groups -OCH3 is 3. The van der Waals surface area contributed by atoms with Crippen LogP contribution in [0.5, 0.6) is 17.4 Å². The Morgan fingerprint density at radius 1 is 1.08 bits per heavy atom. The number of benzene rings is 1. The van der Waals surface area contributed by atoms with Gasteiger partial charge in [0.05, 0.1) is 27.1 Å². The van der Waals surface area contributed by atoms with E-state index in [9.17, 15) is 4.79 Å². The molecule has 0 bridgehead atoms. The number of aromatic nitrogens is 2. The van der Waals surface area contributed by atoms with Crippen LogP contribution in [0.25, 0.3) is 10.3 Å². The van der Waals surface area contributed by atoms with Crippen LogP contribution in [0.1, 0.15) is 0 Å². The average molecular weight is 391 g/mol. The smallest absolute Gasteiger partial charge is 0.236 e. The maximum absolute atomic E-state index is 12.2. The second kappa shape index (κ2) is 8.24. The molecule has 9 heteroatoms. The highest BCUT2D eigenvalue weighted by atomic mass is 32.2. The van der Waals surface area contributed by atoms with E-state index in [2.05, 4.69) is 15.3 Å². The van der Waals surface area contributed by atoms with Crippen molar-refractivity contribution in [3.8, 4) is 17.4 Å². The number of amides is 1. The van der Waals surface area contributed by atoms with Crippen LogP contribution < -0.4 is 19.5 Å². The minimum absolute atomic E-state index is 0.143. The molecule has 0 fully saturated rings. The topological polar surface area (TPSA) is 82.6 Å². The lowest BCUT2D eigenvalue weighted by Gasteiger charge is -2.09. The molecule has 0 aliphatic heterocycles. The number of hydrogen-bond acceptors (Lipinski definition) is 8. The Bertz CT molecular complexity index is 930. The highest BCUT2D eigenvalue weighted by Crippen LogP contribution is 2.32. The minimum atomic E-state index is -0.143. The van der Waals surface area contributed by atoms with Crippen LogP contribution in [-0.4, -0.2) is 43.0 Å². The zero-order valence-electron chi connectivity index (χ0n) is 14.4. The molecule has 0 unspecified atom stereocenters. The quantitative estimate of drug-likeness (QED) is 0.618. The Labute approximate surface area is 158 Å². The molecule has 1 aromatic carbocycles. The second-order valence-corrected chi connectivity index (χ2v) is 7.08. The van der Waals surface area contributed by atoms with Crippen LogP contribution in [0.3, 0.4) is 0 Å². The fourth-order valence-electron chi connectivity index (χ4n) is 2.18. The predicted octanol–water partition coefficient (Wildman–Crippen LogP) is 3.45. The van der Waals surface area contributed by atoms with Gasteiger partial charge in [-0.1, -0.05) is 11.3 Å². The number of carbonyl (C=O) groups excluding carboxylic acids is 1. The Kier molecular flexibility index (Phi) is 5.79. The second-order valence-electron chi connectivity index (χ2n) is 5.05. The van der Waals surface area contributed by atoms with Crippen molar-refractivity contribution < 1.29 is 19.0 Å². The van der Waals surface area contributed by atoms with Gasteiger partial charge in [0.25, 0.3) is 0 Å². The van der Waals surface area contributed by atoms with Gasteiger partial charge in [-0.25, -0.2) is 9.97 Å². The Morgan fingerprint density at radius 2 is 1.88 bits per heavy atom. The molecular weight excluding hydrogens is 374 g/mol. The van der Waals surface area contributed by atoms with E-state index >= 15 is 0 Å². The summed E-state index contributed by atoms with van der Waals surface area (Å²) in [4.78, 5) is 22.5. The summed E-state index contributed by atoms with van der Waals surface area (Å²) in [6.07, 6.45) is 0. The number of nitrogens with one attached hydrogen (secondary N) is 1. The Hall–Kier alpha value is -2.52.